The average molecular weight is 271 g/mol. The number of thiophene rings is 1. The predicted octanol–water partition coefficient (Wildman–Crippen LogP) is 1.71. The maximum atomic E-state index is 12.0. The molecule has 6 nitrogen and oxygen atoms in total. The maximum absolute atomic E-state index is 12.0. The zero-order valence-electron chi connectivity index (χ0n) is 10.7. The van der Waals surface area contributed by atoms with Crippen LogP contribution in [-0.4, -0.2) is 35.9 Å². The third kappa shape index (κ3) is 3.51. The first kappa shape index (κ1) is 14.6. The van der Waals surface area contributed by atoms with E-state index < -0.39 is 4.92 Å². The first-order valence-electron chi connectivity index (χ1n) is 5.46. The molecule has 2 N–H and O–H groups in total. The van der Waals surface area contributed by atoms with Gasteiger partial charge in [-0.15, -0.1) is 0 Å². The minimum absolute atomic E-state index is 0.0233. The Bertz CT molecular complexity index is 456. The van der Waals surface area contributed by atoms with Crippen molar-refractivity contribution in [3.8, 4) is 0 Å². The lowest BCUT2D eigenvalue weighted by Gasteiger charge is -2.28. The lowest BCUT2D eigenvalue weighted by molar-refractivity contribution is -0.380. The van der Waals surface area contributed by atoms with Crippen LogP contribution in [0.2, 0.25) is 0 Å². The lowest BCUT2D eigenvalue weighted by atomic mass is 9.93. The van der Waals surface area contributed by atoms with Gasteiger partial charge in [-0.3, -0.25) is 14.9 Å². The van der Waals surface area contributed by atoms with Crippen molar-refractivity contribution >= 4 is 22.2 Å². The van der Waals surface area contributed by atoms with Crippen molar-refractivity contribution in [1.29, 1.82) is 0 Å². The molecule has 0 fully saturated rings. The molecule has 0 aliphatic rings. The molecule has 1 aromatic rings. The summed E-state index contributed by atoms with van der Waals surface area (Å²) in [5, 5.41) is 10.5. The van der Waals surface area contributed by atoms with Crippen LogP contribution in [0.3, 0.4) is 0 Å². The van der Waals surface area contributed by atoms with Crippen molar-refractivity contribution in [2.24, 2.45) is 11.1 Å². The molecule has 0 saturated heterocycles. The van der Waals surface area contributed by atoms with Crippen LogP contribution in [-0.2, 0) is 0 Å². The van der Waals surface area contributed by atoms with E-state index in [0.29, 0.717) is 18.0 Å². The fraction of sp³-hybridized carbons (Fsp3) is 0.545. The van der Waals surface area contributed by atoms with Crippen LogP contribution in [0.15, 0.2) is 12.1 Å². The Kier molecular flexibility index (Phi) is 4.42. The Morgan fingerprint density at radius 1 is 1.56 bits per heavy atom. The van der Waals surface area contributed by atoms with Crippen LogP contribution in [0.25, 0.3) is 0 Å². The van der Waals surface area contributed by atoms with Gasteiger partial charge < -0.3 is 10.6 Å². The molecule has 0 aliphatic heterocycles. The lowest BCUT2D eigenvalue weighted by Crippen LogP contribution is -2.39. The van der Waals surface area contributed by atoms with E-state index in [9.17, 15) is 14.9 Å². The van der Waals surface area contributed by atoms with Crippen LogP contribution in [0, 0.1) is 15.5 Å². The number of nitrogens with two attached hydrogens (primary N) is 1. The van der Waals surface area contributed by atoms with Gasteiger partial charge in [0.15, 0.2) is 0 Å². The van der Waals surface area contributed by atoms with Crippen LogP contribution < -0.4 is 5.73 Å². The Labute approximate surface area is 110 Å². The van der Waals surface area contributed by atoms with E-state index in [2.05, 4.69) is 0 Å². The second kappa shape index (κ2) is 5.45. The fourth-order valence-electron chi connectivity index (χ4n) is 1.51. The standard InChI is InChI=1S/C11H17N3O3S/c1-11(2,6-12)7-13(3)10(15)8-4-5-9(18-8)14(16)17/h4-5H,6-7,12H2,1-3H3. The van der Waals surface area contributed by atoms with Gasteiger partial charge in [-0.1, -0.05) is 25.2 Å². The van der Waals surface area contributed by atoms with Gasteiger partial charge in [-0.05, 0) is 18.0 Å². The average Bonchev–Trinajstić information content (AvgIpc) is 2.76. The topological polar surface area (TPSA) is 89.5 Å². The summed E-state index contributed by atoms with van der Waals surface area (Å²) in [4.78, 5) is 24.0. The summed E-state index contributed by atoms with van der Waals surface area (Å²) in [5.74, 6) is -0.213. The van der Waals surface area contributed by atoms with Crippen molar-refractivity contribution < 1.29 is 9.72 Å². The molecule has 0 aromatic carbocycles. The smallest absolute Gasteiger partial charge is 0.324 e. The Hall–Kier alpha value is -1.47. The summed E-state index contributed by atoms with van der Waals surface area (Å²) in [7, 11) is 1.67. The van der Waals surface area contributed by atoms with Crippen LogP contribution in [0.1, 0.15) is 23.5 Å². The molecule has 0 unspecified atom stereocenters. The summed E-state index contributed by atoms with van der Waals surface area (Å²) in [6, 6.07) is 2.83. The van der Waals surface area contributed by atoms with Gasteiger partial charge in [-0.2, -0.15) is 0 Å². The van der Waals surface area contributed by atoms with E-state index in [1.165, 1.54) is 12.1 Å². The summed E-state index contributed by atoms with van der Waals surface area (Å²) in [6.45, 7) is 4.91. The van der Waals surface area contributed by atoms with Gasteiger partial charge in [0.05, 0.1) is 9.80 Å². The fourth-order valence-corrected chi connectivity index (χ4v) is 2.32. The van der Waals surface area contributed by atoms with Crippen LogP contribution >= 0.6 is 11.3 Å². The summed E-state index contributed by atoms with van der Waals surface area (Å²) < 4.78 is 0. The molecule has 1 heterocycles. The third-order valence-corrected chi connectivity index (χ3v) is 3.57. The maximum Gasteiger partial charge on any atom is 0.324 e. The number of rotatable bonds is 5. The van der Waals surface area contributed by atoms with Crippen molar-refractivity contribution in [2.45, 2.75) is 13.8 Å². The van der Waals surface area contributed by atoms with Crippen molar-refractivity contribution in [2.75, 3.05) is 20.1 Å². The highest BCUT2D eigenvalue weighted by molar-refractivity contribution is 7.17. The minimum Gasteiger partial charge on any atom is -0.340 e. The van der Waals surface area contributed by atoms with E-state index in [-0.39, 0.29) is 16.3 Å². The largest absolute Gasteiger partial charge is 0.340 e. The molecule has 0 saturated carbocycles. The summed E-state index contributed by atoms with van der Waals surface area (Å²) >= 11 is 0.889. The summed E-state index contributed by atoms with van der Waals surface area (Å²) in [6.07, 6.45) is 0. The van der Waals surface area contributed by atoms with E-state index in [1.54, 1.807) is 11.9 Å². The summed E-state index contributed by atoms with van der Waals surface area (Å²) in [5.41, 5.74) is 5.44. The van der Waals surface area contributed by atoms with Gasteiger partial charge in [0.1, 0.15) is 0 Å². The number of carbonyl (C=O) groups excluding carboxylic acids is 1. The number of nitro groups is 1. The normalized spacial score (nSPS) is 11.3. The Morgan fingerprint density at radius 3 is 2.61 bits per heavy atom. The molecule has 0 bridgehead atoms. The highest BCUT2D eigenvalue weighted by Crippen LogP contribution is 2.25. The number of nitrogens with zero attached hydrogens (tertiary/aromatic N) is 2. The molecule has 7 heteroatoms. The Morgan fingerprint density at radius 2 is 2.17 bits per heavy atom. The second-order valence-corrected chi connectivity index (χ2v) is 5.99. The molecular weight excluding hydrogens is 254 g/mol. The molecule has 1 rings (SSSR count). The minimum atomic E-state index is -0.495. The van der Waals surface area contributed by atoms with E-state index in [4.69, 9.17) is 5.73 Å². The molecular formula is C11H17N3O3S. The first-order valence-corrected chi connectivity index (χ1v) is 6.28. The van der Waals surface area contributed by atoms with E-state index >= 15 is 0 Å². The predicted molar refractivity (Wildman–Crippen MR) is 70.8 cm³/mol. The molecule has 0 aliphatic carbocycles. The molecule has 0 atom stereocenters. The van der Waals surface area contributed by atoms with Crippen molar-refractivity contribution in [3.05, 3.63) is 27.1 Å². The number of amides is 1. The first-order chi connectivity index (χ1) is 8.26. The van der Waals surface area contributed by atoms with Gasteiger partial charge in [0.2, 0.25) is 0 Å². The molecule has 0 spiro atoms. The van der Waals surface area contributed by atoms with Gasteiger partial charge >= 0.3 is 5.00 Å². The number of hydrogen-bond donors (Lipinski definition) is 1. The highest BCUT2D eigenvalue weighted by Gasteiger charge is 2.24. The van der Waals surface area contributed by atoms with Crippen molar-refractivity contribution in [3.63, 3.8) is 0 Å². The van der Waals surface area contributed by atoms with Gasteiger partial charge in [-0.25, -0.2) is 0 Å². The molecule has 0 radical (unpaired) electrons. The van der Waals surface area contributed by atoms with Gasteiger partial charge in [0.25, 0.3) is 5.91 Å². The van der Waals surface area contributed by atoms with Crippen LogP contribution in [0.4, 0.5) is 5.00 Å². The number of hydrogen-bond acceptors (Lipinski definition) is 5. The molecule has 1 aromatic heterocycles. The third-order valence-electron chi connectivity index (χ3n) is 2.55. The highest BCUT2D eigenvalue weighted by atomic mass is 32.1. The zero-order valence-corrected chi connectivity index (χ0v) is 11.5. The van der Waals surface area contributed by atoms with E-state index in [1.807, 2.05) is 13.8 Å². The van der Waals surface area contributed by atoms with E-state index in [0.717, 1.165) is 11.3 Å². The molecule has 1 amide bonds. The molecule has 100 valence electrons. The molecule has 18 heavy (non-hydrogen) atoms. The second-order valence-electron chi connectivity index (χ2n) is 4.92. The monoisotopic (exact) mass is 271 g/mol. The van der Waals surface area contributed by atoms with Crippen LogP contribution in [0.5, 0.6) is 0 Å². The Balaban J connectivity index is 2.77. The van der Waals surface area contributed by atoms with Gasteiger partial charge in [0, 0.05) is 19.7 Å². The van der Waals surface area contributed by atoms with Crippen molar-refractivity contribution in [1.82, 2.24) is 4.90 Å². The quantitative estimate of drug-likeness (QED) is 0.652. The zero-order chi connectivity index (χ0) is 13.9. The number of carbonyl (C=O) groups is 1. The SMILES string of the molecule is CN(CC(C)(C)CN)C(=O)c1ccc([N+](=O)[O-])s1.